The van der Waals surface area contributed by atoms with E-state index in [1.807, 2.05) is 0 Å². The molecule has 2 aliphatic rings. The molecule has 0 heterocycles. The topological polar surface area (TPSA) is 18.5 Å². The van der Waals surface area contributed by atoms with Gasteiger partial charge in [0.2, 0.25) is 0 Å². The van der Waals surface area contributed by atoms with Crippen LogP contribution in [0.2, 0.25) is 0 Å². The number of allylic oxidation sites excluding steroid dienone is 4. The Balaban J connectivity index is 1.62. The predicted octanol–water partition coefficient (Wildman–Crippen LogP) is 6.71. The largest absolute Gasteiger partial charge is 0.352 e. The summed E-state index contributed by atoms with van der Waals surface area (Å²) in [5, 5.41) is 0. The Morgan fingerprint density at radius 1 is 0.800 bits per heavy atom. The second-order valence-electron chi connectivity index (χ2n) is 8.08. The monoisotopic (exact) mass is 380 g/mol. The lowest BCUT2D eigenvalue weighted by Gasteiger charge is -2.31. The molecule has 140 valence electrons. The molecule has 0 aromatic rings. The quantitative estimate of drug-likeness (QED) is 0.344. The number of rotatable bonds is 8. The molecule has 4 atom stereocenters. The van der Waals surface area contributed by atoms with Crippen molar-refractivity contribution in [3.05, 3.63) is 46.6 Å². The van der Waals surface area contributed by atoms with Crippen LogP contribution in [-0.4, -0.2) is 23.5 Å². The van der Waals surface area contributed by atoms with Gasteiger partial charge in [0.15, 0.2) is 0 Å². The van der Waals surface area contributed by atoms with E-state index < -0.39 is 0 Å². The first-order chi connectivity index (χ1) is 11.7. The number of hydrogen-bond donors (Lipinski definition) is 0. The van der Waals surface area contributed by atoms with Crippen molar-refractivity contribution in [3.8, 4) is 0 Å². The summed E-state index contributed by atoms with van der Waals surface area (Å²) >= 11 is 0. The Morgan fingerprint density at radius 2 is 1.20 bits per heavy atom. The van der Waals surface area contributed by atoms with Gasteiger partial charge in [-0.25, -0.2) is 0 Å². The highest BCUT2D eigenvalue weighted by Crippen LogP contribution is 2.37. The van der Waals surface area contributed by atoms with Gasteiger partial charge in [-0.2, -0.15) is 0 Å². The van der Waals surface area contributed by atoms with Crippen molar-refractivity contribution in [2.75, 3.05) is 12.3 Å². The third-order valence-corrected chi connectivity index (χ3v) is 6.78. The van der Waals surface area contributed by atoms with Crippen LogP contribution < -0.4 is 0 Å². The van der Waals surface area contributed by atoms with Gasteiger partial charge in [0.1, 0.15) is 0 Å². The Bertz CT molecular complexity index is 551. The molecule has 0 aromatic carbocycles. The summed E-state index contributed by atoms with van der Waals surface area (Å²) in [5.74, 6) is 0. The van der Waals surface area contributed by atoms with E-state index in [0.717, 1.165) is 25.2 Å². The lowest BCUT2D eigenvalue weighted by molar-refractivity contribution is 0.164. The molecule has 0 saturated heterocycles. The fourth-order valence-corrected chi connectivity index (χ4v) is 6.05. The third-order valence-electron chi connectivity index (χ3n) is 4.44. The first-order valence-electron chi connectivity index (χ1n) is 9.25. The maximum absolute atomic E-state index is 6.21. The van der Waals surface area contributed by atoms with E-state index in [1.165, 1.54) is 28.7 Å². The third kappa shape index (κ3) is 7.10. The van der Waals surface area contributed by atoms with Gasteiger partial charge >= 0.3 is 0 Å². The van der Waals surface area contributed by atoms with Gasteiger partial charge in [-0.1, -0.05) is 34.4 Å². The molecule has 0 fully saturated rings. The minimum Gasteiger partial charge on any atom is -0.352 e. The molecule has 0 radical (unpaired) electrons. The highest BCUT2D eigenvalue weighted by molar-refractivity contribution is 7.33. The average molecular weight is 380 g/mol. The van der Waals surface area contributed by atoms with Crippen LogP contribution in [0.5, 0.6) is 0 Å². The standard InChI is InChI=1S/C21H34O2P2/c1-16-10-17(2)13-20(5,12-16)22-24-8-7-9-25-23-21(6)14-18(3)11-19(4)15-21/h10-12,14,24-25H,7-9,13,15H2,1-6H3. The summed E-state index contributed by atoms with van der Waals surface area (Å²) in [6.07, 6.45) is 14.5. The molecule has 0 spiro atoms. The Labute approximate surface area is 157 Å². The minimum atomic E-state index is -0.109. The van der Waals surface area contributed by atoms with Crippen molar-refractivity contribution in [3.63, 3.8) is 0 Å². The van der Waals surface area contributed by atoms with Crippen LogP contribution in [0, 0.1) is 0 Å². The van der Waals surface area contributed by atoms with Gasteiger partial charge in [0, 0.05) is 30.5 Å². The normalized spacial score (nSPS) is 30.6. The van der Waals surface area contributed by atoms with Crippen LogP contribution in [0.4, 0.5) is 0 Å². The lowest BCUT2D eigenvalue weighted by atomic mass is 9.89. The van der Waals surface area contributed by atoms with E-state index in [9.17, 15) is 0 Å². The molecular formula is C21H34O2P2. The van der Waals surface area contributed by atoms with E-state index in [2.05, 4.69) is 65.8 Å². The Morgan fingerprint density at radius 3 is 1.56 bits per heavy atom. The predicted molar refractivity (Wildman–Crippen MR) is 114 cm³/mol. The minimum absolute atomic E-state index is 0.109. The molecule has 2 aliphatic carbocycles. The van der Waals surface area contributed by atoms with Gasteiger partial charge < -0.3 is 9.05 Å². The maximum atomic E-state index is 6.21. The second-order valence-corrected chi connectivity index (χ2v) is 10.1. The zero-order valence-electron chi connectivity index (χ0n) is 16.7. The smallest absolute Gasteiger partial charge is 0.0915 e. The van der Waals surface area contributed by atoms with Crippen molar-refractivity contribution in [1.29, 1.82) is 0 Å². The summed E-state index contributed by atoms with van der Waals surface area (Å²) < 4.78 is 12.4. The number of hydrogen-bond acceptors (Lipinski definition) is 2. The summed E-state index contributed by atoms with van der Waals surface area (Å²) in [6.45, 7) is 13.1. The van der Waals surface area contributed by atoms with Crippen LogP contribution in [0.25, 0.3) is 0 Å². The van der Waals surface area contributed by atoms with E-state index in [0.29, 0.717) is 17.6 Å². The molecule has 0 aliphatic heterocycles. The first kappa shape index (κ1) is 21.0. The summed E-state index contributed by atoms with van der Waals surface area (Å²) in [4.78, 5) is 0. The molecule has 25 heavy (non-hydrogen) atoms. The molecular weight excluding hydrogens is 346 g/mol. The zero-order valence-corrected chi connectivity index (χ0v) is 18.7. The Kier molecular flexibility index (Phi) is 7.66. The van der Waals surface area contributed by atoms with Crippen molar-refractivity contribution >= 4 is 17.6 Å². The fourth-order valence-electron chi connectivity index (χ4n) is 3.93. The SMILES string of the molecule is CC1=CC(C)(OPCCCPOC2(C)C=C(C)C=C(C)C2)CC(C)=C1. The maximum Gasteiger partial charge on any atom is 0.0915 e. The highest BCUT2D eigenvalue weighted by atomic mass is 31.1. The van der Waals surface area contributed by atoms with Crippen molar-refractivity contribution in [1.82, 2.24) is 0 Å². The molecule has 0 aromatic heterocycles. The molecule has 0 N–H and O–H groups in total. The van der Waals surface area contributed by atoms with E-state index in [-0.39, 0.29) is 11.2 Å². The van der Waals surface area contributed by atoms with Crippen LogP contribution in [-0.2, 0) is 9.05 Å². The van der Waals surface area contributed by atoms with Crippen LogP contribution in [0.15, 0.2) is 46.6 Å². The fraction of sp³-hybridized carbons (Fsp3) is 0.619. The summed E-state index contributed by atoms with van der Waals surface area (Å²) in [5.41, 5.74) is 5.24. The van der Waals surface area contributed by atoms with E-state index in [4.69, 9.17) is 9.05 Å². The first-order valence-corrected chi connectivity index (χ1v) is 11.5. The van der Waals surface area contributed by atoms with E-state index in [1.54, 1.807) is 0 Å². The van der Waals surface area contributed by atoms with Crippen LogP contribution in [0.1, 0.15) is 60.8 Å². The van der Waals surface area contributed by atoms with Gasteiger partial charge in [-0.15, -0.1) is 0 Å². The van der Waals surface area contributed by atoms with Crippen molar-refractivity contribution in [2.45, 2.75) is 72.0 Å². The summed E-state index contributed by atoms with van der Waals surface area (Å²) in [7, 11) is 1.14. The molecule has 0 bridgehead atoms. The highest BCUT2D eigenvalue weighted by Gasteiger charge is 2.26. The van der Waals surface area contributed by atoms with Crippen LogP contribution >= 0.6 is 17.6 Å². The zero-order chi connectivity index (χ0) is 18.5. The van der Waals surface area contributed by atoms with Gasteiger partial charge in [-0.05, 0) is 72.4 Å². The second kappa shape index (κ2) is 9.09. The van der Waals surface area contributed by atoms with Crippen molar-refractivity contribution < 1.29 is 9.05 Å². The molecule has 4 heteroatoms. The lowest BCUT2D eigenvalue weighted by Crippen LogP contribution is -2.26. The van der Waals surface area contributed by atoms with Gasteiger partial charge in [0.25, 0.3) is 0 Å². The van der Waals surface area contributed by atoms with E-state index >= 15 is 0 Å². The molecule has 2 rings (SSSR count). The van der Waals surface area contributed by atoms with Gasteiger partial charge in [0.05, 0.1) is 11.2 Å². The molecule has 4 unspecified atom stereocenters. The Hall–Kier alpha value is -0.260. The molecule has 2 nitrogen and oxygen atoms in total. The average Bonchev–Trinajstić information content (AvgIpc) is 2.42. The summed E-state index contributed by atoms with van der Waals surface area (Å²) in [6, 6.07) is 0. The van der Waals surface area contributed by atoms with Gasteiger partial charge in [-0.3, -0.25) is 0 Å². The molecule has 0 saturated carbocycles. The van der Waals surface area contributed by atoms with Crippen molar-refractivity contribution in [2.24, 2.45) is 0 Å². The molecule has 0 amide bonds. The van der Waals surface area contributed by atoms with Crippen LogP contribution in [0.3, 0.4) is 0 Å².